The minimum absolute atomic E-state index is 0.0668. The van der Waals surface area contributed by atoms with E-state index in [-0.39, 0.29) is 24.4 Å². The van der Waals surface area contributed by atoms with Gasteiger partial charge in [-0.05, 0) is 56.4 Å². The molecule has 1 N–H and O–H groups in total. The zero-order valence-corrected chi connectivity index (χ0v) is 20.4. The number of amides is 2. The van der Waals surface area contributed by atoms with Gasteiger partial charge in [-0.1, -0.05) is 78.4 Å². The van der Waals surface area contributed by atoms with Crippen LogP contribution in [0.25, 0.3) is 0 Å². The van der Waals surface area contributed by atoms with E-state index in [2.05, 4.69) is 5.32 Å². The second kappa shape index (κ2) is 11.7. The molecule has 0 aliphatic heterocycles. The van der Waals surface area contributed by atoms with Gasteiger partial charge in [-0.3, -0.25) is 9.59 Å². The Hall–Kier alpha value is -2.04. The summed E-state index contributed by atoms with van der Waals surface area (Å²) in [5.74, 6) is -0.173. The summed E-state index contributed by atoms with van der Waals surface area (Å²) in [7, 11) is 0. The van der Waals surface area contributed by atoms with Crippen LogP contribution in [-0.4, -0.2) is 28.8 Å². The van der Waals surface area contributed by atoms with E-state index in [9.17, 15) is 9.59 Å². The average Bonchev–Trinajstić information content (AvgIpc) is 2.78. The van der Waals surface area contributed by atoms with E-state index in [0.717, 1.165) is 36.8 Å². The van der Waals surface area contributed by atoms with Gasteiger partial charge in [0, 0.05) is 29.1 Å². The molecular weight excluding hydrogens is 443 g/mol. The molecule has 4 nitrogen and oxygen atoms in total. The van der Waals surface area contributed by atoms with Gasteiger partial charge < -0.3 is 10.2 Å². The molecule has 2 amide bonds. The maximum atomic E-state index is 13.3. The average molecular weight is 475 g/mol. The summed E-state index contributed by atoms with van der Waals surface area (Å²) < 4.78 is 0. The molecule has 3 rings (SSSR count). The molecule has 0 bridgehead atoms. The largest absolute Gasteiger partial charge is 0.352 e. The molecule has 0 spiro atoms. The fourth-order valence-electron chi connectivity index (χ4n) is 4.13. The molecule has 2 aromatic rings. The zero-order chi connectivity index (χ0) is 23.1. The van der Waals surface area contributed by atoms with Crippen molar-refractivity contribution in [3.05, 3.63) is 69.2 Å². The van der Waals surface area contributed by atoms with Crippen LogP contribution in [0, 0.1) is 6.92 Å². The predicted molar refractivity (Wildman–Crippen MR) is 131 cm³/mol. The van der Waals surface area contributed by atoms with Gasteiger partial charge >= 0.3 is 0 Å². The molecule has 0 saturated heterocycles. The maximum absolute atomic E-state index is 13.3. The lowest BCUT2D eigenvalue weighted by Gasteiger charge is -2.31. The number of halogens is 2. The van der Waals surface area contributed by atoms with Gasteiger partial charge in [0.15, 0.2) is 0 Å². The Morgan fingerprint density at radius 3 is 2.41 bits per heavy atom. The topological polar surface area (TPSA) is 49.4 Å². The van der Waals surface area contributed by atoms with Crippen molar-refractivity contribution >= 4 is 35.0 Å². The summed E-state index contributed by atoms with van der Waals surface area (Å²) in [5, 5.41) is 4.19. The molecule has 0 radical (unpaired) electrons. The molecule has 0 aromatic heterocycles. The first-order valence-electron chi connectivity index (χ1n) is 11.4. The third-order valence-corrected chi connectivity index (χ3v) is 6.81. The summed E-state index contributed by atoms with van der Waals surface area (Å²) in [6.45, 7) is 4.10. The Morgan fingerprint density at radius 1 is 1.06 bits per heavy atom. The van der Waals surface area contributed by atoms with Gasteiger partial charge in [-0.2, -0.15) is 0 Å². The molecule has 1 aliphatic carbocycles. The molecule has 32 heavy (non-hydrogen) atoms. The Bertz CT molecular complexity index is 924. The highest BCUT2D eigenvalue weighted by Gasteiger charge is 2.28. The third-order valence-electron chi connectivity index (χ3n) is 6.22. The van der Waals surface area contributed by atoms with Crippen molar-refractivity contribution in [1.82, 2.24) is 10.2 Å². The highest BCUT2D eigenvalue weighted by atomic mass is 35.5. The van der Waals surface area contributed by atoms with Crippen LogP contribution in [0.2, 0.25) is 10.0 Å². The van der Waals surface area contributed by atoms with E-state index >= 15 is 0 Å². The lowest BCUT2D eigenvalue weighted by atomic mass is 9.95. The highest BCUT2D eigenvalue weighted by Crippen LogP contribution is 2.24. The molecule has 1 aliphatic rings. The molecule has 1 fully saturated rings. The monoisotopic (exact) mass is 474 g/mol. The lowest BCUT2D eigenvalue weighted by Crippen LogP contribution is -2.50. The molecule has 2 aromatic carbocycles. The number of hydrogen-bond acceptors (Lipinski definition) is 2. The molecular formula is C26H32Cl2N2O2. The summed E-state index contributed by atoms with van der Waals surface area (Å²) in [6.07, 6.45) is 6.46. The van der Waals surface area contributed by atoms with Gasteiger partial charge in [-0.15, -0.1) is 0 Å². The van der Waals surface area contributed by atoms with E-state index in [1.54, 1.807) is 24.0 Å². The normalized spacial score (nSPS) is 15.2. The van der Waals surface area contributed by atoms with Crippen LogP contribution in [0.15, 0.2) is 42.5 Å². The van der Waals surface area contributed by atoms with E-state index < -0.39 is 6.04 Å². The molecule has 172 valence electrons. The van der Waals surface area contributed by atoms with Crippen LogP contribution >= 0.6 is 23.2 Å². The summed E-state index contributed by atoms with van der Waals surface area (Å²) >= 11 is 12.4. The predicted octanol–water partition coefficient (Wildman–Crippen LogP) is 6.10. The van der Waals surface area contributed by atoms with E-state index in [1.807, 2.05) is 37.3 Å². The number of carbonyl (C=O) groups excluding carboxylic acids is 2. The first-order chi connectivity index (χ1) is 15.3. The van der Waals surface area contributed by atoms with Gasteiger partial charge in [0.05, 0.1) is 0 Å². The first kappa shape index (κ1) is 24.6. The quantitative estimate of drug-likeness (QED) is 0.502. The van der Waals surface area contributed by atoms with Gasteiger partial charge in [-0.25, -0.2) is 0 Å². The third kappa shape index (κ3) is 6.98. The van der Waals surface area contributed by atoms with Crippen molar-refractivity contribution < 1.29 is 9.59 Å². The van der Waals surface area contributed by atoms with Crippen LogP contribution < -0.4 is 5.32 Å². The second-order valence-corrected chi connectivity index (χ2v) is 9.61. The van der Waals surface area contributed by atoms with Crippen LogP contribution in [0.4, 0.5) is 0 Å². The molecule has 1 saturated carbocycles. The van der Waals surface area contributed by atoms with E-state index in [4.69, 9.17) is 23.2 Å². The molecule has 0 heterocycles. The number of benzene rings is 2. The Labute approximate surface area is 201 Å². The van der Waals surface area contributed by atoms with Crippen molar-refractivity contribution in [1.29, 1.82) is 0 Å². The Balaban J connectivity index is 1.73. The highest BCUT2D eigenvalue weighted by molar-refractivity contribution is 6.35. The van der Waals surface area contributed by atoms with Gasteiger partial charge in [0.2, 0.25) is 11.8 Å². The number of carbonyl (C=O) groups is 2. The number of rotatable bonds is 8. The van der Waals surface area contributed by atoms with Crippen LogP contribution in [-0.2, 0) is 22.6 Å². The molecule has 1 atom stereocenters. The van der Waals surface area contributed by atoms with Gasteiger partial charge in [0.25, 0.3) is 0 Å². The van der Waals surface area contributed by atoms with E-state index in [1.165, 1.54) is 12.0 Å². The smallest absolute Gasteiger partial charge is 0.242 e. The van der Waals surface area contributed by atoms with Crippen LogP contribution in [0.1, 0.15) is 62.1 Å². The Kier molecular flexibility index (Phi) is 9.01. The summed E-state index contributed by atoms with van der Waals surface area (Å²) in [5.41, 5.74) is 3.07. The number of aryl methyl sites for hydroxylation is 2. The summed E-state index contributed by atoms with van der Waals surface area (Å²) in [6, 6.07) is 13.0. The fraction of sp³-hybridized carbons (Fsp3) is 0.462. The Morgan fingerprint density at radius 2 is 1.75 bits per heavy atom. The van der Waals surface area contributed by atoms with Crippen molar-refractivity contribution in [2.45, 2.75) is 77.4 Å². The van der Waals surface area contributed by atoms with E-state index in [0.29, 0.717) is 22.9 Å². The number of nitrogens with zero attached hydrogens (tertiary/aromatic N) is 1. The molecule has 6 heteroatoms. The number of hydrogen-bond donors (Lipinski definition) is 1. The van der Waals surface area contributed by atoms with Crippen molar-refractivity contribution in [3.63, 3.8) is 0 Å². The SMILES string of the molecule is Cc1ccc(CCC(=O)N(Cc2ccc(Cl)cc2Cl)[C@H](C)C(=O)NC2CCCCC2)cc1. The summed E-state index contributed by atoms with van der Waals surface area (Å²) in [4.78, 5) is 28.0. The van der Waals surface area contributed by atoms with Crippen molar-refractivity contribution in [2.24, 2.45) is 0 Å². The maximum Gasteiger partial charge on any atom is 0.242 e. The van der Waals surface area contributed by atoms with Crippen LogP contribution in [0.5, 0.6) is 0 Å². The minimum atomic E-state index is -0.589. The van der Waals surface area contributed by atoms with Crippen molar-refractivity contribution in [3.8, 4) is 0 Å². The first-order valence-corrected chi connectivity index (χ1v) is 12.2. The van der Waals surface area contributed by atoms with Crippen molar-refractivity contribution in [2.75, 3.05) is 0 Å². The zero-order valence-electron chi connectivity index (χ0n) is 18.9. The standard InChI is InChI=1S/C26H32Cl2N2O2/c1-18-8-10-20(11-9-18)12-15-25(31)30(17-21-13-14-22(27)16-24(21)28)19(2)26(32)29-23-6-4-3-5-7-23/h8-11,13-14,16,19,23H,3-7,12,15,17H2,1-2H3,(H,29,32)/t19-/m1/s1. The minimum Gasteiger partial charge on any atom is -0.352 e. The van der Waals surface area contributed by atoms with Gasteiger partial charge in [0.1, 0.15) is 6.04 Å². The number of nitrogens with one attached hydrogen (secondary N) is 1. The lowest BCUT2D eigenvalue weighted by molar-refractivity contribution is -0.141. The second-order valence-electron chi connectivity index (χ2n) is 8.76. The fourth-order valence-corrected chi connectivity index (χ4v) is 4.60. The van der Waals surface area contributed by atoms with Crippen LogP contribution in [0.3, 0.4) is 0 Å². The molecule has 0 unspecified atom stereocenters.